The van der Waals surface area contributed by atoms with E-state index in [1.807, 2.05) is 91.0 Å². The van der Waals surface area contributed by atoms with Gasteiger partial charge in [0.25, 0.3) is 0 Å². The monoisotopic (exact) mass is 359 g/mol. The lowest BCUT2D eigenvalue weighted by Crippen LogP contribution is -2.38. The summed E-state index contributed by atoms with van der Waals surface area (Å²) in [6.07, 6.45) is 0.109. The van der Waals surface area contributed by atoms with Crippen LogP contribution in [0.2, 0.25) is 0 Å². The number of hydrogen-bond donors (Lipinski definition) is 2. The molecule has 0 bridgehead atoms. The largest absolute Gasteiger partial charge is 0.480 e. The van der Waals surface area contributed by atoms with Gasteiger partial charge in [-0.2, -0.15) is 0 Å². The minimum Gasteiger partial charge on any atom is -0.480 e. The first-order valence-corrected chi connectivity index (χ1v) is 8.78. The number of carbonyl (C=O) groups is 2. The van der Waals surface area contributed by atoms with Crippen molar-refractivity contribution < 1.29 is 14.7 Å². The lowest BCUT2D eigenvalue weighted by Gasteiger charge is -2.35. The van der Waals surface area contributed by atoms with Crippen molar-refractivity contribution in [2.75, 3.05) is 6.54 Å². The molecule has 0 aliphatic carbocycles. The first kappa shape index (κ1) is 18.4. The van der Waals surface area contributed by atoms with Crippen molar-refractivity contribution in [3.8, 4) is 0 Å². The topological polar surface area (TPSA) is 66.4 Å². The molecular formula is C23H21NO3. The van der Waals surface area contributed by atoms with E-state index in [0.29, 0.717) is 0 Å². The molecule has 3 aromatic rings. The second-order valence-electron chi connectivity index (χ2n) is 6.35. The Balaban J connectivity index is 2.17. The highest BCUT2D eigenvalue weighted by Gasteiger charge is 2.38. The van der Waals surface area contributed by atoms with Crippen molar-refractivity contribution in [2.45, 2.75) is 11.8 Å². The lowest BCUT2D eigenvalue weighted by molar-refractivity contribution is -0.138. The average molecular weight is 359 g/mol. The Morgan fingerprint density at radius 2 is 1.07 bits per heavy atom. The molecule has 3 rings (SSSR count). The van der Waals surface area contributed by atoms with E-state index in [9.17, 15) is 9.59 Å². The van der Waals surface area contributed by atoms with Gasteiger partial charge in [-0.1, -0.05) is 91.0 Å². The molecular weight excluding hydrogens is 338 g/mol. The summed E-state index contributed by atoms with van der Waals surface area (Å²) in [6, 6.07) is 29.5. The molecule has 0 aliphatic rings. The van der Waals surface area contributed by atoms with Gasteiger partial charge in [0.2, 0.25) is 5.91 Å². The first-order chi connectivity index (χ1) is 13.1. The Kier molecular flexibility index (Phi) is 5.67. The zero-order chi connectivity index (χ0) is 19.1. The first-order valence-electron chi connectivity index (χ1n) is 8.78. The molecule has 0 unspecified atom stereocenters. The fraction of sp³-hybridized carbons (Fsp3) is 0.130. The maximum Gasteiger partial charge on any atom is 0.322 e. The van der Waals surface area contributed by atoms with Gasteiger partial charge in [-0.3, -0.25) is 9.59 Å². The fourth-order valence-corrected chi connectivity index (χ4v) is 3.45. The molecule has 0 aromatic heterocycles. The van der Waals surface area contributed by atoms with Gasteiger partial charge in [-0.25, -0.2) is 0 Å². The number of amides is 1. The highest BCUT2D eigenvalue weighted by Crippen LogP contribution is 2.42. The summed E-state index contributed by atoms with van der Waals surface area (Å²) in [6.45, 7) is -0.396. The Hall–Kier alpha value is -3.40. The number of benzene rings is 3. The number of rotatable bonds is 7. The molecule has 1 amide bonds. The molecule has 4 nitrogen and oxygen atoms in total. The highest BCUT2D eigenvalue weighted by molar-refractivity contribution is 5.83. The highest BCUT2D eigenvalue weighted by atomic mass is 16.4. The lowest BCUT2D eigenvalue weighted by atomic mass is 9.67. The van der Waals surface area contributed by atoms with Crippen LogP contribution in [0.25, 0.3) is 0 Å². The maximum atomic E-state index is 12.7. The standard InChI is InChI=1S/C23H21NO3/c25-21(24-17-22(26)27)16-23(18-10-4-1-5-11-18,19-12-6-2-7-13-19)20-14-8-3-9-15-20/h1-15H,16-17H2,(H,24,25)(H,26,27). The van der Waals surface area contributed by atoms with Crippen LogP contribution in [0.5, 0.6) is 0 Å². The fourth-order valence-electron chi connectivity index (χ4n) is 3.45. The molecule has 136 valence electrons. The van der Waals surface area contributed by atoms with Gasteiger partial charge in [0.15, 0.2) is 0 Å². The second kappa shape index (κ2) is 8.32. The molecule has 27 heavy (non-hydrogen) atoms. The third-order valence-corrected chi connectivity index (χ3v) is 4.66. The molecule has 3 aromatic carbocycles. The number of carboxylic acid groups (broad SMARTS) is 1. The van der Waals surface area contributed by atoms with E-state index in [-0.39, 0.29) is 12.3 Å². The van der Waals surface area contributed by atoms with Crippen LogP contribution < -0.4 is 5.32 Å². The van der Waals surface area contributed by atoms with Gasteiger partial charge in [-0.15, -0.1) is 0 Å². The molecule has 0 saturated carbocycles. The van der Waals surface area contributed by atoms with Crippen LogP contribution in [0.1, 0.15) is 23.1 Å². The van der Waals surface area contributed by atoms with Crippen LogP contribution in [-0.4, -0.2) is 23.5 Å². The van der Waals surface area contributed by atoms with Crippen LogP contribution in [0.4, 0.5) is 0 Å². The van der Waals surface area contributed by atoms with Crippen molar-refractivity contribution in [3.05, 3.63) is 108 Å². The van der Waals surface area contributed by atoms with Crippen LogP contribution in [-0.2, 0) is 15.0 Å². The quantitative estimate of drug-likeness (QED) is 0.633. The van der Waals surface area contributed by atoms with Crippen molar-refractivity contribution in [1.82, 2.24) is 5.32 Å². The molecule has 4 heteroatoms. The van der Waals surface area contributed by atoms with Crippen LogP contribution in [0.3, 0.4) is 0 Å². The number of carbonyl (C=O) groups excluding carboxylic acids is 1. The van der Waals surface area contributed by atoms with Crippen LogP contribution >= 0.6 is 0 Å². The van der Waals surface area contributed by atoms with E-state index in [1.54, 1.807) is 0 Å². The molecule has 0 spiro atoms. The summed E-state index contributed by atoms with van der Waals surface area (Å²) in [5.41, 5.74) is 2.22. The van der Waals surface area contributed by atoms with E-state index < -0.39 is 17.9 Å². The Labute approximate surface area is 158 Å². The minimum atomic E-state index is -1.06. The second-order valence-corrected chi connectivity index (χ2v) is 6.35. The van der Waals surface area contributed by atoms with Crippen LogP contribution in [0, 0.1) is 0 Å². The Morgan fingerprint density at radius 3 is 1.41 bits per heavy atom. The molecule has 0 heterocycles. The van der Waals surface area contributed by atoms with Gasteiger partial charge in [0, 0.05) is 6.42 Å². The number of nitrogens with one attached hydrogen (secondary N) is 1. The summed E-state index contributed by atoms with van der Waals surface area (Å²) in [5, 5.41) is 11.4. The van der Waals surface area contributed by atoms with E-state index in [2.05, 4.69) is 5.32 Å². The predicted octanol–water partition coefficient (Wildman–Crippen LogP) is 3.61. The maximum absolute atomic E-state index is 12.7. The van der Waals surface area contributed by atoms with E-state index in [1.165, 1.54) is 0 Å². The third kappa shape index (κ3) is 4.06. The summed E-state index contributed by atoms with van der Waals surface area (Å²) in [5.74, 6) is -1.37. The molecule has 0 saturated heterocycles. The third-order valence-electron chi connectivity index (χ3n) is 4.66. The van der Waals surface area contributed by atoms with Gasteiger partial charge in [-0.05, 0) is 16.7 Å². The minimum absolute atomic E-state index is 0.109. The summed E-state index contributed by atoms with van der Waals surface area (Å²) < 4.78 is 0. The van der Waals surface area contributed by atoms with E-state index in [0.717, 1.165) is 16.7 Å². The zero-order valence-electron chi connectivity index (χ0n) is 14.8. The van der Waals surface area contributed by atoms with Crippen molar-refractivity contribution in [2.24, 2.45) is 0 Å². The predicted molar refractivity (Wildman–Crippen MR) is 104 cm³/mol. The van der Waals surface area contributed by atoms with Gasteiger partial charge in [0.1, 0.15) is 6.54 Å². The molecule has 0 fully saturated rings. The molecule has 0 aliphatic heterocycles. The van der Waals surface area contributed by atoms with Crippen molar-refractivity contribution >= 4 is 11.9 Å². The number of hydrogen-bond acceptors (Lipinski definition) is 2. The normalized spacial score (nSPS) is 11.0. The number of carboxylic acids is 1. The van der Waals surface area contributed by atoms with E-state index in [4.69, 9.17) is 5.11 Å². The molecule has 2 N–H and O–H groups in total. The summed E-state index contributed by atoms with van der Waals surface area (Å²) in [7, 11) is 0. The van der Waals surface area contributed by atoms with Crippen LogP contribution in [0.15, 0.2) is 91.0 Å². The van der Waals surface area contributed by atoms with Gasteiger partial charge >= 0.3 is 5.97 Å². The Morgan fingerprint density at radius 1 is 0.704 bits per heavy atom. The summed E-state index contributed by atoms with van der Waals surface area (Å²) in [4.78, 5) is 23.6. The van der Waals surface area contributed by atoms with Gasteiger partial charge < -0.3 is 10.4 Å². The zero-order valence-corrected chi connectivity index (χ0v) is 14.8. The number of aliphatic carboxylic acids is 1. The average Bonchev–Trinajstić information content (AvgIpc) is 2.72. The SMILES string of the molecule is O=C(O)CNC(=O)CC(c1ccccc1)(c1ccccc1)c1ccccc1. The van der Waals surface area contributed by atoms with Gasteiger partial charge in [0.05, 0.1) is 5.41 Å². The summed E-state index contributed by atoms with van der Waals surface area (Å²) >= 11 is 0. The molecule has 0 atom stereocenters. The Bertz CT molecular complexity index is 796. The van der Waals surface area contributed by atoms with E-state index >= 15 is 0 Å². The molecule has 0 radical (unpaired) electrons. The van der Waals surface area contributed by atoms with Crippen molar-refractivity contribution in [1.29, 1.82) is 0 Å². The smallest absolute Gasteiger partial charge is 0.322 e. The van der Waals surface area contributed by atoms with Crippen molar-refractivity contribution in [3.63, 3.8) is 0 Å².